The van der Waals surface area contributed by atoms with Crippen LogP contribution in [-0.2, 0) is 0 Å². The van der Waals surface area contributed by atoms with E-state index >= 15 is 0 Å². The first-order valence-corrected chi connectivity index (χ1v) is 3.32. The zero-order valence-corrected chi connectivity index (χ0v) is 6.53. The summed E-state index contributed by atoms with van der Waals surface area (Å²) < 4.78 is 23.3. The molecule has 2 N–H and O–H groups in total. The summed E-state index contributed by atoms with van der Waals surface area (Å²) in [7, 11) is 1.43. The van der Waals surface area contributed by atoms with Gasteiger partial charge in [-0.15, -0.1) is 0 Å². The van der Waals surface area contributed by atoms with Crippen LogP contribution < -0.4 is 10.6 Å². The zero-order valence-electron chi connectivity index (χ0n) is 6.53. The Kier molecular flexibility index (Phi) is 4.49. The Balaban J connectivity index is 3.51. The van der Waals surface area contributed by atoms with Crippen LogP contribution in [0.3, 0.4) is 0 Å². The van der Waals surface area contributed by atoms with E-state index in [1.807, 2.05) is 0 Å². The number of alkyl halides is 2. The summed E-state index contributed by atoms with van der Waals surface area (Å²) in [5.74, 6) is 0. The Morgan fingerprint density at radius 2 is 2.09 bits per heavy atom. The Morgan fingerprint density at radius 3 is 2.45 bits per heavy atom. The highest BCUT2D eigenvalue weighted by atomic mass is 19.3. The minimum absolute atomic E-state index is 0.312. The van der Waals surface area contributed by atoms with Crippen LogP contribution in [0.5, 0.6) is 0 Å². The van der Waals surface area contributed by atoms with Gasteiger partial charge in [-0.25, -0.2) is 13.6 Å². The first-order chi connectivity index (χ1) is 5.06. The van der Waals surface area contributed by atoms with E-state index in [1.165, 1.54) is 14.0 Å². The molecule has 0 saturated heterocycles. The van der Waals surface area contributed by atoms with Gasteiger partial charge in [-0.1, -0.05) is 0 Å². The van der Waals surface area contributed by atoms with E-state index in [0.29, 0.717) is 0 Å². The molecule has 0 aliphatic carbocycles. The van der Waals surface area contributed by atoms with E-state index in [1.54, 1.807) is 0 Å². The fraction of sp³-hybridized carbons (Fsp3) is 0.833. The summed E-state index contributed by atoms with van der Waals surface area (Å²) in [4.78, 5) is 10.5. The number of hydrogen-bond acceptors (Lipinski definition) is 1. The first kappa shape index (κ1) is 10.1. The monoisotopic (exact) mass is 166 g/mol. The lowest BCUT2D eigenvalue weighted by Gasteiger charge is -2.11. The van der Waals surface area contributed by atoms with Gasteiger partial charge in [0.15, 0.2) is 0 Å². The van der Waals surface area contributed by atoms with Crippen molar-refractivity contribution >= 4 is 6.03 Å². The normalized spacial score (nSPS) is 12.8. The molecule has 1 unspecified atom stereocenters. The van der Waals surface area contributed by atoms with Gasteiger partial charge in [0, 0.05) is 19.5 Å². The minimum atomic E-state index is -2.37. The third-order valence-corrected chi connectivity index (χ3v) is 1.14. The first-order valence-electron chi connectivity index (χ1n) is 3.32. The highest BCUT2D eigenvalue weighted by Gasteiger charge is 2.11. The second-order valence-corrected chi connectivity index (χ2v) is 2.25. The lowest BCUT2D eigenvalue weighted by molar-refractivity contribution is 0.126. The summed E-state index contributed by atoms with van der Waals surface area (Å²) in [6.07, 6.45) is -2.69. The number of urea groups is 1. The van der Waals surface area contributed by atoms with Gasteiger partial charge in [0.05, 0.1) is 0 Å². The summed E-state index contributed by atoms with van der Waals surface area (Å²) in [5.41, 5.74) is 0. The van der Waals surface area contributed by atoms with E-state index in [0.717, 1.165) is 0 Å². The smallest absolute Gasteiger partial charge is 0.314 e. The standard InChI is InChI=1S/C6H12F2N2O/c1-4(3-5(7)8)10-6(11)9-2/h4-5H,3H2,1-2H3,(H2,9,10,11). The maximum atomic E-state index is 11.7. The third kappa shape index (κ3) is 5.57. The Labute approximate surface area is 64.2 Å². The summed E-state index contributed by atoms with van der Waals surface area (Å²) in [6, 6.07) is -0.923. The van der Waals surface area contributed by atoms with Crippen molar-refractivity contribution < 1.29 is 13.6 Å². The topological polar surface area (TPSA) is 41.1 Å². The number of rotatable bonds is 3. The molecule has 66 valence electrons. The highest BCUT2D eigenvalue weighted by molar-refractivity contribution is 5.73. The van der Waals surface area contributed by atoms with Gasteiger partial charge in [-0.2, -0.15) is 0 Å². The minimum Gasteiger partial charge on any atom is -0.341 e. The van der Waals surface area contributed by atoms with E-state index in [4.69, 9.17) is 0 Å². The molecule has 0 heterocycles. The molecule has 0 fully saturated rings. The molecule has 5 heteroatoms. The summed E-state index contributed by atoms with van der Waals surface area (Å²) in [5, 5.41) is 4.61. The van der Waals surface area contributed by atoms with Crippen LogP contribution in [0.15, 0.2) is 0 Å². The molecule has 0 aromatic rings. The quantitative estimate of drug-likeness (QED) is 0.644. The fourth-order valence-electron chi connectivity index (χ4n) is 0.622. The van der Waals surface area contributed by atoms with Gasteiger partial charge in [0.2, 0.25) is 6.43 Å². The summed E-state index contributed by atoms with van der Waals surface area (Å²) in [6.45, 7) is 1.53. The van der Waals surface area contributed by atoms with Gasteiger partial charge in [0.1, 0.15) is 0 Å². The maximum absolute atomic E-state index is 11.7. The fourth-order valence-corrected chi connectivity index (χ4v) is 0.622. The van der Waals surface area contributed by atoms with E-state index < -0.39 is 18.5 Å². The van der Waals surface area contributed by atoms with Crippen LogP contribution in [0.1, 0.15) is 13.3 Å². The number of carbonyl (C=O) groups is 1. The molecule has 0 saturated carbocycles. The Hall–Kier alpha value is -0.870. The number of halogens is 2. The molecule has 0 rings (SSSR count). The number of hydrogen-bond donors (Lipinski definition) is 2. The molecule has 0 spiro atoms. The largest absolute Gasteiger partial charge is 0.341 e. The van der Waals surface area contributed by atoms with E-state index in [2.05, 4.69) is 10.6 Å². The Bertz CT molecular complexity index is 130. The summed E-state index contributed by atoms with van der Waals surface area (Å²) >= 11 is 0. The number of amides is 2. The molecule has 2 amide bonds. The molecule has 0 aromatic heterocycles. The lowest BCUT2D eigenvalue weighted by atomic mass is 10.2. The number of nitrogens with one attached hydrogen (secondary N) is 2. The SMILES string of the molecule is CNC(=O)NC(C)CC(F)F. The van der Waals surface area contributed by atoms with Crippen molar-refractivity contribution in [2.75, 3.05) is 7.05 Å². The second-order valence-electron chi connectivity index (χ2n) is 2.25. The molecule has 0 aromatic carbocycles. The van der Waals surface area contributed by atoms with Crippen LogP contribution in [0.4, 0.5) is 13.6 Å². The third-order valence-electron chi connectivity index (χ3n) is 1.14. The van der Waals surface area contributed by atoms with Crippen LogP contribution in [0.2, 0.25) is 0 Å². The highest BCUT2D eigenvalue weighted by Crippen LogP contribution is 2.02. The molecule has 11 heavy (non-hydrogen) atoms. The predicted octanol–water partition coefficient (Wildman–Crippen LogP) is 0.959. The molecule has 3 nitrogen and oxygen atoms in total. The molecule has 0 aliphatic heterocycles. The van der Waals surface area contributed by atoms with Gasteiger partial charge in [-0.05, 0) is 6.92 Å². The van der Waals surface area contributed by atoms with E-state index in [9.17, 15) is 13.6 Å². The van der Waals surface area contributed by atoms with Gasteiger partial charge in [0.25, 0.3) is 0 Å². The van der Waals surface area contributed by atoms with Crippen molar-refractivity contribution in [3.05, 3.63) is 0 Å². The van der Waals surface area contributed by atoms with Crippen molar-refractivity contribution in [2.24, 2.45) is 0 Å². The van der Waals surface area contributed by atoms with Crippen LogP contribution in [0, 0.1) is 0 Å². The van der Waals surface area contributed by atoms with Crippen LogP contribution in [0.25, 0.3) is 0 Å². The van der Waals surface area contributed by atoms with Gasteiger partial charge >= 0.3 is 6.03 Å². The van der Waals surface area contributed by atoms with E-state index in [-0.39, 0.29) is 6.42 Å². The van der Waals surface area contributed by atoms with Gasteiger partial charge in [-0.3, -0.25) is 0 Å². The predicted molar refractivity (Wildman–Crippen MR) is 37.7 cm³/mol. The van der Waals surface area contributed by atoms with Crippen molar-refractivity contribution in [2.45, 2.75) is 25.8 Å². The average Bonchev–Trinajstić information content (AvgIpc) is 1.85. The Morgan fingerprint density at radius 1 is 1.55 bits per heavy atom. The van der Waals surface area contributed by atoms with Crippen LogP contribution in [-0.4, -0.2) is 25.5 Å². The van der Waals surface area contributed by atoms with Crippen molar-refractivity contribution in [3.8, 4) is 0 Å². The average molecular weight is 166 g/mol. The van der Waals surface area contributed by atoms with Gasteiger partial charge < -0.3 is 10.6 Å². The van der Waals surface area contributed by atoms with Crippen molar-refractivity contribution in [1.82, 2.24) is 10.6 Å². The molecule has 1 atom stereocenters. The van der Waals surface area contributed by atoms with Crippen molar-refractivity contribution in [3.63, 3.8) is 0 Å². The number of carbonyl (C=O) groups excluding carboxylic acids is 1. The van der Waals surface area contributed by atoms with Crippen molar-refractivity contribution in [1.29, 1.82) is 0 Å². The zero-order chi connectivity index (χ0) is 8.85. The van der Waals surface area contributed by atoms with Crippen LogP contribution >= 0.6 is 0 Å². The maximum Gasteiger partial charge on any atom is 0.314 e. The molecule has 0 bridgehead atoms. The molecule has 0 radical (unpaired) electrons. The molecular weight excluding hydrogens is 154 g/mol. The second kappa shape index (κ2) is 4.87. The molecule has 0 aliphatic rings. The molecular formula is C6H12F2N2O. The lowest BCUT2D eigenvalue weighted by Crippen LogP contribution is -2.39.